The molecule has 2 aromatic carbocycles. The first-order valence-electron chi connectivity index (χ1n) is 5.86. The van der Waals surface area contributed by atoms with Crippen molar-refractivity contribution in [3.8, 4) is 5.75 Å². The lowest BCUT2D eigenvalue weighted by Gasteiger charge is -2.08. The Morgan fingerprint density at radius 1 is 1.30 bits per heavy atom. The Morgan fingerprint density at radius 2 is 2.05 bits per heavy atom. The van der Waals surface area contributed by atoms with Crippen LogP contribution < -0.4 is 4.74 Å². The highest BCUT2D eigenvalue weighted by Crippen LogP contribution is 2.29. The molecule has 0 bridgehead atoms. The molecular weight excluding hydrogens is 343 g/mol. The van der Waals surface area contributed by atoms with Crippen molar-refractivity contribution in [3.63, 3.8) is 0 Å². The van der Waals surface area contributed by atoms with Crippen molar-refractivity contribution in [1.82, 2.24) is 0 Å². The summed E-state index contributed by atoms with van der Waals surface area (Å²) in [5, 5.41) is 0. The Hall–Kier alpha value is -1.33. The van der Waals surface area contributed by atoms with Gasteiger partial charge >= 0.3 is 0 Å². The van der Waals surface area contributed by atoms with Gasteiger partial charge in [-0.15, -0.1) is 11.8 Å². The standard InChI is InChI=1S/C15H12BrFO2S/c1-19-14-7-6-10(17)8-11(14)13(18)9-20-15-5-3-2-4-12(15)16/h2-8H,9H2,1H3. The SMILES string of the molecule is COc1ccc(F)cc1C(=O)CSc1ccccc1Br. The van der Waals surface area contributed by atoms with Gasteiger partial charge in [-0.3, -0.25) is 4.79 Å². The molecule has 0 aliphatic heterocycles. The molecule has 0 atom stereocenters. The summed E-state index contributed by atoms with van der Waals surface area (Å²) in [5.41, 5.74) is 0.270. The number of hydrogen-bond acceptors (Lipinski definition) is 3. The lowest BCUT2D eigenvalue weighted by atomic mass is 10.1. The summed E-state index contributed by atoms with van der Waals surface area (Å²) in [4.78, 5) is 13.1. The van der Waals surface area contributed by atoms with Crippen LogP contribution in [0, 0.1) is 5.82 Å². The molecule has 2 aromatic rings. The Bertz CT molecular complexity index is 631. The van der Waals surface area contributed by atoms with Crippen LogP contribution in [-0.2, 0) is 0 Å². The zero-order chi connectivity index (χ0) is 14.5. The number of thioether (sulfide) groups is 1. The van der Waals surface area contributed by atoms with Gasteiger partial charge in [0.2, 0.25) is 0 Å². The Kier molecular flexibility index (Phi) is 5.20. The van der Waals surface area contributed by atoms with Crippen LogP contribution in [0.15, 0.2) is 51.8 Å². The minimum Gasteiger partial charge on any atom is -0.496 e. The fraction of sp³-hybridized carbons (Fsp3) is 0.133. The predicted molar refractivity (Wildman–Crippen MR) is 82.1 cm³/mol. The molecule has 0 aliphatic rings. The Balaban J connectivity index is 2.13. The van der Waals surface area contributed by atoms with E-state index in [0.29, 0.717) is 5.75 Å². The van der Waals surface area contributed by atoms with Crippen LogP contribution in [0.3, 0.4) is 0 Å². The van der Waals surface area contributed by atoms with Crippen molar-refractivity contribution >= 4 is 33.5 Å². The first-order valence-corrected chi connectivity index (χ1v) is 7.63. The summed E-state index contributed by atoms with van der Waals surface area (Å²) >= 11 is 4.83. The maximum atomic E-state index is 13.2. The molecule has 0 N–H and O–H groups in total. The van der Waals surface area contributed by atoms with E-state index in [1.807, 2.05) is 24.3 Å². The van der Waals surface area contributed by atoms with Crippen molar-refractivity contribution in [1.29, 1.82) is 0 Å². The minimum absolute atomic E-state index is 0.165. The third-order valence-electron chi connectivity index (χ3n) is 2.66. The number of rotatable bonds is 5. The molecule has 0 aromatic heterocycles. The highest BCUT2D eigenvalue weighted by Gasteiger charge is 2.14. The summed E-state index contributed by atoms with van der Waals surface area (Å²) in [5.74, 6) is 0.00821. The molecule has 0 heterocycles. The molecule has 20 heavy (non-hydrogen) atoms. The number of hydrogen-bond donors (Lipinski definition) is 0. The van der Waals surface area contributed by atoms with E-state index in [4.69, 9.17) is 4.74 Å². The molecule has 104 valence electrons. The van der Waals surface area contributed by atoms with E-state index in [-0.39, 0.29) is 17.1 Å². The number of ketones is 1. The Morgan fingerprint density at radius 3 is 2.75 bits per heavy atom. The number of methoxy groups -OCH3 is 1. The molecule has 2 rings (SSSR count). The summed E-state index contributed by atoms with van der Waals surface area (Å²) in [6.45, 7) is 0. The quantitative estimate of drug-likeness (QED) is 0.581. The van der Waals surface area contributed by atoms with E-state index in [9.17, 15) is 9.18 Å². The van der Waals surface area contributed by atoms with Gasteiger partial charge in [0.05, 0.1) is 18.4 Å². The van der Waals surface area contributed by atoms with Crippen molar-refractivity contribution < 1.29 is 13.9 Å². The van der Waals surface area contributed by atoms with E-state index in [1.54, 1.807) is 0 Å². The van der Waals surface area contributed by atoms with Crippen molar-refractivity contribution in [2.45, 2.75) is 4.90 Å². The topological polar surface area (TPSA) is 26.3 Å². The van der Waals surface area contributed by atoms with Crippen LogP contribution in [0.25, 0.3) is 0 Å². The third-order valence-corrected chi connectivity index (χ3v) is 4.68. The zero-order valence-corrected chi connectivity index (χ0v) is 13.1. The van der Waals surface area contributed by atoms with Crippen molar-refractivity contribution in [2.75, 3.05) is 12.9 Å². The number of Topliss-reactive ketones (excluding diaryl/α,β-unsaturated/α-hetero) is 1. The molecule has 0 saturated carbocycles. The zero-order valence-electron chi connectivity index (χ0n) is 10.7. The maximum absolute atomic E-state index is 13.2. The first kappa shape index (κ1) is 15.1. The van der Waals surface area contributed by atoms with Crippen LogP contribution in [0.2, 0.25) is 0 Å². The minimum atomic E-state index is -0.444. The third kappa shape index (κ3) is 3.61. The first-order chi connectivity index (χ1) is 9.61. The van der Waals surface area contributed by atoms with Crippen molar-refractivity contribution in [3.05, 3.63) is 58.3 Å². The van der Waals surface area contributed by atoms with Gasteiger partial charge in [-0.05, 0) is 46.3 Å². The summed E-state index contributed by atoms with van der Waals surface area (Å²) in [6.07, 6.45) is 0. The predicted octanol–water partition coefficient (Wildman–Crippen LogP) is 4.57. The summed E-state index contributed by atoms with van der Waals surface area (Å²) < 4.78 is 19.3. The van der Waals surface area contributed by atoms with Gasteiger partial charge in [-0.1, -0.05) is 12.1 Å². The molecule has 0 amide bonds. The van der Waals surface area contributed by atoms with Gasteiger partial charge in [0.15, 0.2) is 5.78 Å². The van der Waals surface area contributed by atoms with E-state index in [1.165, 1.54) is 37.1 Å². The molecule has 0 aliphatic carbocycles. The van der Waals surface area contributed by atoms with Crippen molar-refractivity contribution in [2.24, 2.45) is 0 Å². The fourth-order valence-electron chi connectivity index (χ4n) is 1.68. The van der Waals surface area contributed by atoms with Gasteiger partial charge in [0.25, 0.3) is 0 Å². The molecule has 0 spiro atoms. The fourth-order valence-corrected chi connectivity index (χ4v) is 3.13. The smallest absolute Gasteiger partial charge is 0.176 e. The monoisotopic (exact) mass is 354 g/mol. The molecule has 0 saturated heterocycles. The largest absolute Gasteiger partial charge is 0.496 e. The lowest BCUT2D eigenvalue weighted by Crippen LogP contribution is -2.05. The van der Waals surface area contributed by atoms with Gasteiger partial charge < -0.3 is 4.74 Å². The van der Waals surface area contributed by atoms with E-state index < -0.39 is 5.82 Å². The van der Waals surface area contributed by atoms with Gasteiger partial charge in [0.1, 0.15) is 11.6 Å². The van der Waals surface area contributed by atoms with Gasteiger partial charge in [-0.2, -0.15) is 0 Å². The molecule has 5 heteroatoms. The van der Waals surface area contributed by atoms with Gasteiger partial charge in [-0.25, -0.2) is 4.39 Å². The van der Waals surface area contributed by atoms with E-state index in [2.05, 4.69) is 15.9 Å². The average molecular weight is 355 g/mol. The molecule has 2 nitrogen and oxygen atoms in total. The highest BCUT2D eigenvalue weighted by atomic mass is 79.9. The Labute approximate surface area is 129 Å². The number of halogens is 2. The van der Waals surface area contributed by atoms with E-state index in [0.717, 1.165) is 9.37 Å². The molecule has 0 fully saturated rings. The highest BCUT2D eigenvalue weighted by molar-refractivity contribution is 9.10. The second kappa shape index (κ2) is 6.90. The van der Waals surface area contributed by atoms with Crippen LogP contribution >= 0.6 is 27.7 Å². The number of benzene rings is 2. The number of ether oxygens (including phenoxy) is 1. The normalized spacial score (nSPS) is 10.3. The number of carbonyl (C=O) groups excluding carboxylic acids is 1. The van der Waals surface area contributed by atoms with Gasteiger partial charge in [0, 0.05) is 9.37 Å². The summed E-state index contributed by atoms with van der Waals surface area (Å²) in [7, 11) is 1.46. The van der Waals surface area contributed by atoms with E-state index >= 15 is 0 Å². The second-order valence-corrected chi connectivity index (χ2v) is 5.86. The van der Waals surface area contributed by atoms with Crippen LogP contribution in [-0.4, -0.2) is 18.6 Å². The molecular formula is C15H12BrFO2S. The lowest BCUT2D eigenvalue weighted by molar-refractivity contribution is 0.101. The van der Waals surface area contributed by atoms with Crippen LogP contribution in [0.4, 0.5) is 4.39 Å². The average Bonchev–Trinajstić information content (AvgIpc) is 2.46. The van der Waals surface area contributed by atoms with Crippen LogP contribution in [0.1, 0.15) is 10.4 Å². The van der Waals surface area contributed by atoms with Crippen LogP contribution in [0.5, 0.6) is 5.75 Å². The maximum Gasteiger partial charge on any atom is 0.176 e. The summed E-state index contributed by atoms with van der Waals surface area (Å²) in [6, 6.07) is 11.6. The molecule has 0 unspecified atom stereocenters. The second-order valence-electron chi connectivity index (χ2n) is 3.99. The molecule has 0 radical (unpaired) electrons. The number of carbonyl (C=O) groups is 1.